The number of benzene rings is 1. The Bertz CT molecular complexity index is 554. The number of rotatable bonds is 4. The predicted molar refractivity (Wildman–Crippen MR) is 81.6 cm³/mol. The van der Waals surface area contributed by atoms with Crippen molar-refractivity contribution in [2.75, 3.05) is 11.9 Å². The average Bonchev–Trinajstić information content (AvgIpc) is 2.49. The summed E-state index contributed by atoms with van der Waals surface area (Å²) < 4.78 is 0. The lowest BCUT2D eigenvalue weighted by atomic mass is 9.73. The normalized spacial score (nSPS) is 17.2. The second-order valence-electron chi connectivity index (χ2n) is 5.50. The summed E-state index contributed by atoms with van der Waals surface area (Å²) in [7, 11) is 0. The molecule has 1 aliphatic rings. The van der Waals surface area contributed by atoms with Crippen LogP contribution < -0.4 is 11.1 Å². The van der Waals surface area contributed by atoms with Crippen molar-refractivity contribution >= 4 is 29.2 Å². The van der Waals surface area contributed by atoms with Gasteiger partial charge in [-0.2, -0.15) is 0 Å². The van der Waals surface area contributed by atoms with E-state index in [1.54, 1.807) is 0 Å². The number of halogens is 1. The van der Waals surface area contributed by atoms with Gasteiger partial charge in [0.2, 0.25) is 5.91 Å². The first-order chi connectivity index (χ1) is 9.98. The monoisotopic (exact) mass is 310 g/mol. The van der Waals surface area contributed by atoms with E-state index in [9.17, 15) is 9.59 Å². The molecular formula is C15H19ClN2O3. The first kappa shape index (κ1) is 15.8. The van der Waals surface area contributed by atoms with E-state index in [4.69, 9.17) is 22.4 Å². The Balaban J connectivity index is 2.17. The van der Waals surface area contributed by atoms with E-state index in [-0.39, 0.29) is 16.5 Å². The summed E-state index contributed by atoms with van der Waals surface area (Å²) in [6.07, 6.45) is 4.68. The molecule has 21 heavy (non-hydrogen) atoms. The lowest BCUT2D eigenvalue weighted by molar-refractivity contribution is -0.126. The summed E-state index contributed by atoms with van der Waals surface area (Å²) in [6.45, 7) is 0.309. The number of amides is 1. The van der Waals surface area contributed by atoms with Crippen LogP contribution in [0.2, 0.25) is 5.02 Å². The van der Waals surface area contributed by atoms with Gasteiger partial charge in [-0.15, -0.1) is 0 Å². The zero-order valence-electron chi connectivity index (χ0n) is 11.7. The van der Waals surface area contributed by atoms with Crippen LogP contribution in [0.3, 0.4) is 0 Å². The van der Waals surface area contributed by atoms with Gasteiger partial charge >= 0.3 is 5.97 Å². The fourth-order valence-electron chi connectivity index (χ4n) is 2.76. The number of anilines is 1. The maximum absolute atomic E-state index is 12.5. The molecule has 1 aromatic rings. The highest BCUT2D eigenvalue weighted by atomic mass is 35.5. The third-order valence-corrected chi connectivity index (χ3v) is 4.46. The first-order valence-corrected chi connectivity index (χ1v) is 7.41. The number of aromatic carboxylic acids is 1. The van der Waals surface area contributed by atoms with Crippen LogP contribution in [0.5, 0.6) is 0 Å². The van der Waals surface area contributed by atoms with E-state index in [0.717, 1.165) is 32.1 Å². The molecule has 6 heteroatoms. The number of carboxylic acids is 1. The summed E-state index contributed by atoms with van der Waals surface area (Å²) in [6, 6.07) is 4.26. The lowest BCUT2D eigenvalue weighted by Gasteiger charge is -2.34. The Morgan fingerprint density at radius 3 is 2.48 bits per heavy atom. The minimum Gasteiger partial charge on any atom is -0.478 e. The average molecular weight is 311 g/mol. The Morgan fingerprint density at radius 1 is 1.29 bits per heavy atom. The maximum Gasteiger partial charge on any atom is 0.335 e. The van der Waals surface area contributed by atoms with Crippen molar-refractivity contribution in [2.45, 2.75) is 32.1 Å². The van der Waals surface area contributed by atoms with Crippen LogP contribution >= 0.6 is 11.6 Å². The fraction of sp³-hybridized carbons (Fsp3) is 0.467. The van der Waals surface area contributed by atoms with Crippen molar-refractivity contribution < 1.29 is 14.7 Å². The number of hydrogen-bond donors (Lipinski definition) is 3. The molecule has 0 spiro atoms. The molecule has 0 unspecified atom stereocenters. The molecule has 0 aliphatic heterocycles. The zero-order chi connectivity index (χ0) is 15.5. The smallest absolute Gasteiger partial charge is 0.335 e. The van der Waals surface area contributed by atoms with Gasteiger partial charge in [0.1, 0.15) is 0 Å². The quantitative estimate of drug-likeness (QED) is 0.797. The van der Waals surface area contributed by atoms with Gasteiger partial charge in [0.05, 0.1) is 21.7 Å². The first-order valence-electron chi connectivity index (χ1n) is 7.03. The Labute approximate surface area is 128 Å². The number of hydrogen-bond acceptors (Lipinski definition) is 3. The van der Waals surface area contributed by atoms with Crippen molar-refractivity contribution in [3.8, 4) is 0 Å². The molecule has 0 aromatic heterocycles. The highest BCUT2D eigenvalue weighted by molar-refractivity contribution is 6.34. The summed E-state index contributed by atoms with van der Waals surface area (Å²) in [4.78, 5) is 23.4. The summed E-state index contributed by atoms with van der Waals surface area (Å²) in [5.41, 5.74) is 5.80. The summed E-state index contributed by atoms with van der Waals surface area (Å²) in [5.74, 6) is -1.19. The fourth-order valence-corrected chi connectivity index (χ4v) is 2.98. The van der Waals surface area contributed by atoms with Gasteiger partial charge in [-0.05, 0) is 31.0 Å². The topological polar surface area (TPSA) is 92.4 Å². The van der Waals surface area contributed by atoms with Gasteiger partial charge in [-0.3, -0.25) is 4.79 Å². The molecule has 0 heterocycles. The lowest BCUT2D eigenvalue weighted by Crippen LogP contribution is -2.43. The standard InChI is InChI=1S/C15H19ClN2O3/c16-11-8-10(13(19)20)4-5-12(11)18-14(21)15(9-17)6-2-1-3-7-15/h4-5,8H,1-3,6-7,9,17H2,(H,18,21)(H,19,20). The van der Waals surface area contributed by atoms with Crippen LogP contribution in [-0.4, -0.2) is 23.5 Å². The molecule has 5 nitrogen and oxygen atoms in total. The molecule has 2 rings (SSSR count). The van der Waals surface area contributed by atoms with Crippen LogP contribution in [0.1, 0.15) is 42.5 Å². The molecule has 4 N–H and O–H groups in total. The Kier molecular flexibility index (Phi) is 4.85. The summed E-state index contributed by atoms with van der Waals surface area (Å²) >= 11 is 6.04. The van der Waals surface area contributed by atoms with E-state index in [1.807, 2.05) is 0 Å². The van der Waals surface area contributed by atoms with Crippen LogP contribution in [0.25, 0.3) is 0 Å². The van der Waals surface area contributed by atoms with Crippen LogP contribution in [0.15, 0.2) is 18.2 Å². The number of carbonyl (C=O) groups excluding carboxylic acids is 1. The molecule has 0 radical (unpaired) electrons. The molecule has 0 atom stereocenters. The van der Waals surface area contributed by atoms with Gasteiger partial charge in [0, 0.05) is 6.54 Å². The van der Waals surface area contributed by atoms with Crippen molar-refractivity contribution in [1.29, 1.82) is 0 Å². The number of nitrogens with two attached hydrogens (primary N) is 1. The molecule has 0 saturated heterocycles. The second kappa shape index (κ2) is 6.45. The second-order valence-corrected chi connectivity index (χ2v) is 5.91. The molecule has 1 aliphatic carbocycles. The molecule has 1 fully saturated rings. The molecule has 0 bridgehead atoms. The van der Waals surface area contributed by atoms with E-state index in [1.165, 1.54) is 18.2 Å². The van der Waals surface area contributed by atoms with Crippen molar-refractivity contribution in [3.63, 3.8) is 0 Å². The molecular weight excluding hydrogens is 292 g/mol. The maximum atomic E-state index is 12.5. The minimum absolute atomic E-state index is 0.0872. The SMILES string of the molecule is NCC1(C(=O)Nc2ccc(C(=O)O)cc2Cl)CCCCC1. The number of carboxylic acid groups (broad SMARTS) is 1. The van der Waals surface area contributed by atoms with Gasteiger partial charge in [0.25, 0.3) is 0 Å². The van der Waals surface area contributed by atoms with E-state index in [2.05, 4.69) is 5.32 Å². The van der Waals surface area contributed by atoms with Crippen LogP contribution in [0.4, 0.5) is 5.69 Å². The van der Waals surface area contributed by atoms with Gasteiger partial charge in [-0.1, -0.05) is 30.9 Å². The van der Waals surface area contributed by atoms with E-state index < -0.39 is 11.4 Å². The molecule has 1 aromatic carbocycles. The van der Waals surface area contributed by atoms with Crippen molar-refractivity contribution in [3.05, 3.63) is 28.8 Å². The zero-order valence-corrected chi connectivity index (χ0v) is 12.4. The third kappa shape index (κ3) is 3.36. The Hall–Kier alpha value is -1.59. The van der Waals surface area contributed by atoms with E-state index in [0.29, 0.717) is 12.2 Å². The molecule has 1 amide bonds. The van der Waals surface area contributed by atoms with Crippen LogP contribution in [0, 0.1) is 5.41 Å². The number of carbonyl (C=O) groups is 2. The largest absolute Gasteiger partial charge is 0.478 e. The van der Waals surface area contributed by atoms with Crippen LogP contribution in [-0.2, 0) is 4.79 Å². The van der Waals surface area contributed by atoms with Crippen molar-refractivity contribution in [2.24, 2.45) is 11.1 Å². The number of nitrogens with one attached hydrogen (secondary N) is 1. The van der Waals surface area contributed by atoms with Gasteiger partial charge in [0.15, 0.2) is 0 Å². The van der Waals surface area contributed by atoms with E-state index >= 15 is 0 Å². The Morgan fingerprint density at radius 2 is 1.95 bits per heavy atom. The molecule has 1 saturated carbocycles. The van der Waals surface area contributed by atoms with Gasteiger partial charge < -0.3 is 16.2 Å². The van der Waals surface area contributed by atoms with Gasteiger partial charge in [-0.25, -0.2) is 4.79 Å². The third-order valence-electron chi connectivity index (χ3n) is 4.15. The highest BCUT2D eigenvalue weighted by Gasteiger charge is 2.38. The van der Waals surface area contributed by atoms with Crippen molar-refractivity contribution in [1.82, 2.24) is 0 Å². The predicted octanol–water partition coefficient (Wildman–Crippen LogP) is 2.89. The minimum atomic E-state index is -1.06. The summed E-state index contributed by atoms with van der Waals surface area (Å²) in [5, 5.41) is 11.9. The highest BCUT2D eigenvalue weighted by Crippen LogP contribution is 2.37. The molecule has 114 valence electrons.